The van der Waals surface area contributed by atoms with Crippen molar-refractivity contribution in [3.8, 4) is 5.69 Å². The van der Waals surface area contributed by atoms with Gasteiger partial charge >= 0.3 is 0 Å². The Hall–Kier alpha value is -3.42. The highest BCUT2D eigenvalue weighted by molar-refractivity contribution is 5.95. The number of benzene rings is 1. The second-order valence-corrected chi connectivity index (χ2v) is 8.11. The SMILES string of the molecule is Cc1nc(N2CCCC2)cc(N2CCN(C(=O)c3cccc(-n4cccn4)c3)CC2)n1. The van der Waals surface area contributed by atoms with Crippen LogP contribution in [0.4, 0.5) is 11.6 Å². The van der Waals surface area contributed by atoms with Crippen LogP contribution in [-0.4, -0.2) is 69.8 Å². The molecule has 2 aliphatic rings. The minimum Gasteiger partial charge on any atom is -0.356 e. The van der Waals surface area contributed by atoms with Crippen LogP contribution < -0.4 is 9.80 Å². The Morgan fingerprint density at radius 1 is 0.871 bits per heavy atom. The van der Waals surface area contributed by atoms with Gasteiger partial charge < -0.3 is 14.7 Å². The van der Waals surface area contributed by atoms with Crippen LogP contribution in [0.3, 0.4) is 0 Å². The molecule has 1 amide bonds. The van der Waals surface area contributed by atoms with Gasteiger partial charge in [0.15, 0.2) is 0 Å². The molecule has 2 fully saturated rings. The number of carbonyl (C=O) groups is 1. The fourth-order valence-corrected chi connectivity index (χ4v) is 4.33. The maximum Gasteiger partial charge on any atom is 0.254 e. The lowest BCUT2D eigenvalue weighted by Gasteiger charge is -2.36. The maximum absolute atomic E-state index is 13.1. The molecule has 31 heavy (non-hydrogen) atoms. The Kier molecular flexibility index (Phi) is 5.28. The van der Waals surface area contributed by atoms with Gasteiger partial charge in [-0.3, -0.25) is 4.79 Å². The van der Waals surface area contributed by atoms with Gasteiger partial charge in [-0.1, -0.05) is 6.07 Å². The van der Waals surface area contributed by atoms with Crippen LogP contribution in [0.5, 0.6) is 0 Å². The number of carbonyl (C=O) groups excluding carboxylic acids is 1. The molecular formula is C23H27N7O. The van der Waals surface area contributed by atoms with E-state index >= 15 is 0 Å². The number of rotatable bonds is 4. The highest BCUT2D eigenvalue weighted by Gasteiger charge is 2.24. The molecule has 3 aromatic rings. The molecular weight excluding hydrogens is 390 g/mol. The van der Waals surface area contributed by atoms with Crippen molar-refractivity contribution in [3.63, 3.8) is 0 Å². The fraction of sp³-hybridized carbons (Fsp3) is 0.391. The Morgan fingerprint density at radius 2 is 1.58 bits per heavy atom. The standard InChI is InChI=1S/C23H27N7O/c1-18-25-21(27-9-2-3-10-27)17-22(26-18)28-12-14-29(15-13-28)23(31)19-6-4-7-20(16-19)30-11-5-8-24-30/h4-8,11,16-17H,2-3,9-10,12-15H2,1H3. The summed E-state index contributed by atoms with van der Waals surface area (Å²) >= 11 is 0. The van der Waals surface area contributed by atoms with Gasteiger partial charge in [-0.05, 0) is 44.0 Å². The van der Waals surface area contributed by atoms with Gasteiger partial charge in [-0.2, -0.15) is 5.10 Å². The summed E-state index contributed by atoms with van der Waals surface area (Å²) in [4.78, 5) is 28.9. The van der Waals surface area contributed by atoms with E-state index in [1.54, 1.807) is 10.9 Å². The number of aromatic nitrogens is 4. The average Bonchev–Trinajstić information content (AvgIpc) is 3.53. The molecule has 5 rings (SSSR count). The molecule has 0 aliphatic carbocycles. The molecule has 8 nitrogen and oxygen atoms in total. The van der Waals surface area contributed by atoms with Crippen molar-refractivity contribution in [2.24, 2.45) is 0 Å². The molecule has 0 radical (unpaired) electrons. The van der Waals surface area contributed by atoms with Crippen molar-refractivity contribution < 1.29 is 4.79 Å². The lowest BCUT2D eigenvalue weighted by molar-refractivity contribution is 0.0746. The Morgan fingerprint density at radius 3 is 2.26 bits per heavy atom. The van der Waals surface area contributed by atoms with Crippen LogP contribution in [0.25, 0.3) is 5.69 Å². The predicted molar refractivity (Wildman–Crippen MR) is 120 cm³/mol. The topological polar surface area (TPSA) is 70.4 Å². The van der Waals surface area contributed by atoms with Crippen molar-refractivity contribution >= 4 is 17.5 Å². The first kappa shape index (κ1) is 19.5. The second-order valence-electron chi connectivity index (χ2n) is 8.11. The molecule has 160 valence electrons. The largest absolute Gasteiger partial charge is 0.356 e. The lowest BCUT2D eigenvalue weighted by Crippen LogP contribution is -2.49. The zero-order chi connectivity index (χ0) is 21.2. The van der Waals surface area contributed by atoms with E-state index in [-0.39, 0.29) is 5.91 Å². The first-order valence-electron chi connectivity index (χ1n) is 10.9. The zero-order valence-corrected chi connectivity index (χ0v) is 17.8. The molecule has 2 aliphatic heterocycles. The van der Waals surface area contributed by atoms with E-state index < -0.39 is 0 Å². The lowest BCUT2D eigenvalue weighted by atomic mass is 10.1. The molecule has 2 saturated heterocycles. The first-order chi connectivity index (χ1) is 15.2. The normalized spacial score (nSPS) is 16.7. The second kappa shape index (κ2) is 8.37. The van der Waals surface area contributed by atoms with Gasteiger partial charge in [-0.15, -0.1) is 0 Å². The van der Waals surface area contributed by atoms with Gasteiger partial charge in [0.2, 0.25) is 0 Å². The van der Waals surface area contributed by atoms with Crippen LogP contribution in [0.1, 0.15) is 29.0 Å². The summed E-state index contributed by atoms with van der Waals surface area (Å²) in [5, 5.41) is 4.26. The van der Waals surface area contributed by atoms with E-state index in [1.165, 1.54) is 12.8 Å². The quantitative estimate of drug-likeness (QED) is 0.650. The highest BCUT2D eigenvalue weighted by atomic mass is 16.2. The summed E-state index contributed by atoms with van der Waals surface area (Å²) in [5.41, 5.74) is 1.58. The summed E-state index contributed by atoms with van der Waals surface area (Å²) in [7, 11) is 0. The Labute approximate surface area is 182 Å². The molecule has 0 saturated carbocycles. The van der Waals surface area contributed by atoms with Gasteiger partial charge in [0, 0.05) is 63.3 Å². The van der Waals surface area contributed by atoms with Crippen molar-refractivity contribution in [2.75, 3.05) is 49.1 Å². The number of hydrogen-bond donors (Lipinski definition) is 0. The van der Waals surface area contributed by atoms with Crippen molar-refractivity contribution in [2.45, 2.75) is 19.8 Å². The predicted octanol–water partition coefficient (Wildman–Crippen LogP) is 2.53. The minimum absolute atomic E-state index is 0.0604. The van der Waals surface area contributed by atoms with E-state index in [9.17, 15) is 4.79 Å². The number of hydrogen-bond acceptors (Lipinski definition) is 6. The van der Waals surface area contributed by atoms with Gasteiger partial charge in [-0.25, -0.2) is 14.6 Å². The monoisotopic (exact) mass is 417 g/mol. The van der Waals surface area contributed by atoms with E-state index in [0.717, 1.165) is 49.3 Å². The summed E-state index contributed by atoms with van der Waals surface area (Å²) < 4.78 is 1.77. The van der Waals surface area contributed by atoms with Gasteiger partial charge in [0.1, 0.15) is 17.5 Å². The molecule has 4 heterocycles. The summed E-state index contributed by atoms with van der Waals surface area (Å²) in [6.07, 6.45) is 6.06. The molecule has 0 N–H and O–H groups in total. The van der Waals surface area contributed by atoms with Crippen LogP contribution in [-0.2, 0) is 0 Å². The van der Waals surface area contributed by atoms with Gasteiger partial charge in [0.05, 0.1) is 5.69 Å². The summed E-state index contributed by atoms with van der Waals surface area (Å²) in [6.45, 7) is 6.96. The average molecular weight is 418 g/mol. The molecule has 1 aromatic carbocycles. The number of piperazine rings is 1. The number of aryl methyl sites for hydroxylation is 1. The number of amides is 1. The number of anilines is 2. The Balaban J connectivity index is 1.27. The van der Waals surface area contributed by atoms with Crippen molar-refractivity contribution in [1.82, 2.24) is 24.6 Å². The molecule has 0 spiro atoms. The smallest absolute Gasteiger partial charge is 0.254 e. The highest BCUT2D eigenvalue weighted by Crippen LogP contribution is 2.24. The zero-order valence-electron chi connectivity index (χ0n) is 17.8. The maximum atomic E-state index is 13.1. The molecule has 0 unspecified atom stereocenters. The van der Waals surface area contributed by atoms with Gasteiger partial charge in [0.25, 0.3) is 5.91 Å². The first-order valence-corrected chi connectivity index (χ1v) is 10.9. The molecule has 0 bridgehead atoms. The van der Waals surface area contributed by atoms with E-state index in [1.807, 2.05) is 48.4 Å². The van der Waals surface area contributed by atoms with E-state index in [0.29, 0.717) is 18.7 Å². The molecule has 8 heteroatoms. The van der Waals surface area contributed by atoms with Crippen molar-refractivity contribution in [3.05, 3.63) is 60.2 Å². The van der Waals surface area contributed by atoms with E-state index in [2.05, 4.69) is 30.9 Å². The van der Waals surface area contributed by atoms with Crippen LogP contribution in [0.2, 0.25) is 0 Å². The third-order valence-electron chi connectivity index (χ3n) is 5.99. The van der Waals surface area contributed by atoms with Crippen LogP contribution in [0.15, 0.2) is 48.8 Å². The van der Waals surface area contributed by atoms with Crippen LogP contribution in [0, 0.1) is 6.92 Å². The van der Waals surface area contributed by atoms with Crippen molar-refractivity contribution in [1.29, 1.82) is 0 Å². The molecule has 0 atom stereocenters. The third kappa shape index (κ3) is 4.10. The number of nitrogens with zero attached hydrogens (tertiary/aromatic N) is 7. The summed E-state index contributed by atoms with van der Waals surface area (Å²) in [5.74, 6) is 2.84. The van der Waals surface area contributed by atoms with Crippen LogP contribution >= 0.6 is 0 Å². The Bertz CT molecular complexity index is 1050. The third-order valence-corrected chi connectivity index (χ3v) is 5.99. The summed E-state index contributed by atoms with van der Waals surface area (Å²) in [6, 6.07) is 11.6. The minimum atomic E-state index is 0.0604. The van der Waals surface area contributed by atoms with E-state index in [4.69, 9.17) is 0 Å². The fourth-order valence-electron chi connectivity index (χ4n) is 4.33. The molecule has 2 aromatic heterocycles.